The minimum atomic E-state index is -0.647. The second-order valence-electron chi connectivity index (χ2n) is 4.21. The summed E-state index contributed by atoms with van der Waals surface area (Å²) in [6.45, 7) is 3.83. The number of carbonyl (C=O) groups excluding carboxylic acids is 2. The lowest BCUT2D eigenvalue weighted by atomic mass is 10.1. The second kappa shape index (κ2) is 5.52. The third kappa shape index (κ3) is 2.73. The zero-order valence-electron chi connectivity index (χ0n) is 10.9. The molecule has 0 fully saturated rings. The number of hydrogen-bond acceptors (Lipinski definition) is 3. The maximum absolute atomic E-state index is 11.9. The van der Waals surface area contributed by atoms with Gasteiger partial charge in [0.15, 0.2) is 0 Å². The number of hydrogen-bond donors (Lipinski definition) is 1. The van der Waals surface area contributed by atoms with E-state index >= 15 is 0 Å². The van der Waals surface area contributed by atoms with E-state index in [1.807, 2.05) is 13.8 Å². The first-order valence-corrected chi connectivity index (χ1v) is 6.12. The molecule has 0 aliphatic heterocycles. The van der Waals surface area contributed by atoms with Crippen molar-refractivity contribution in [1.82, 2.24) is 4.98 Å². The summed E-state index contributed by atoms with van der Waals surface area (Å²) in [6.07, 6.45) is 2.58. The molecule has 0 bridgehead atoms. The molecule has 2 aromatic rings. The molecule has 1 N–H and O–H groups in total. The molecule has 0 unspecified atom stereocenters. The summed E-state index contributed by atoms with van der Waals surface area (Å²) in [5.74, 6) is -1.29. The van der Waals surface area contributed by atoms with Crippen molar-refractivity contribution in [3.63, 3.8) is 0 Å². The van der Waals surface area contributed by atoms with E-state index < -0.39 is 11.9 Å². The Kier molecular flexibility index (Phi) is 3.80. The Morgan fingerprint density at radius 3 is 2.42 bits per heavy atom. The fourth-order valence-electron chi connectivity index (χ4n) is 1.88. The van der Waals surface area contributed by atoms with E-state index in [1.165, 1.54) is 0 Å². The fraction of sp³-hybridized carbons (Fsp3) is 0.200. The number of rotatable bonds is 3. The van der Waals surface area contributed by atoms with Crippen LogP contribution in [0.1, 0.15) is 38.9 Å². The van der Waals surface area contributed by atoms with E-state index in [-0.39, 0.29) is 0 Å². The third-order valence-electron chi connectivity index (χ3n) is 3.03. The van der Waals surface area contributed by atoms with Gasteiger partial charge in [0.1, 0.15) is 5.69 Å². The molecule has 0 spiro atoms. The van der Waals surface area contributed by atoms with E-state index in [4.69, 9.17) is 4.74 Å². The minimum absolute atomic E-state index is 0.334. The summed E-state index contributed by atoms with van der Waals surface area (Å²) in [6, 6.07) is 8.44. The lowest BCUT2D eigenvalue weighted by Crippen LogP contribution is -2.14. The van der Waals surface area contributed by atoms with Crippen LogP contribution in [0.3, 0.4) is 0 Å². The molecule has 1 heterocycles. The van der Waals surface area contributed by atoms with Crippen molar-refractivity contribution in [1.29, 1.82) is 0 Å². The maximum atomic E-state index is 11.9. The van der Waals surface area contributed by atoms with Crippen molar-refractivity contribution in [2.45, 2.75) is 20.3 Å². The number of ether oxygens (including phenoxy) is 1. The molecule has 1 aromatic carbocycles. The van der Waals surface area contributed by atoms with Gasteiger partial charge in [-0.25, -0.2) is 9.59 Å². The number of benzene rings is 1. The molecular formula is C15H15NO3. The van der Waals surface area contributed by atoms with E-state index in [0.717, 1.165) is 17.5 Å². The molecule has 2 rings (SSSR count). The number of nitrogens with one attached hydrogen (secondary N) is 1. The summed E-state index contributed by atoms with van der Waals surface area (Å²) in [7, 11) is 0. The van der Waals surface area contributed by atoms with Crippen molar-refractivity contribution in [2.24, 2.45) is 0 Å². The highest BCUT2D eigenvalue weighted by Crippen LogP contribution is 2.15. The van der Waals surface area contributed by atoms with Crippen LogP contribution in [0.5, 0.6) is 0 Å². The monoisotopic (exact) mass is 257 g/mol. The molecule has 1 aromatic heterocycles. The predicted octanol–water partition coefficient (Wildman–Crippen LogP) is 2.88. The number of aromatic nitrogens is 1. The fourth-order valence-corrected chi connectivity index (χ4v) is 1.88. The minimum Gasteiger partial charge on any atom is -0.385 e. The molecule has 0 aliphatic carbocycles. The smallest absolute Gasteiger partial charge is 0.362 e. The lowest BCUT2D eigenvalue weighted by molar-refractivity contribution is 0.0393. The highest BCUT2D eigenvalue weighted by Gasteiger charge is 2.19. The number of esters is 2. The van der Waals surface area contributed by atoms with E-state index in [0.29, 0.717) is 11.3 Å². The molecule has 0 saturated heterocycles. The van der Waals surface area contributed by atoms with Gasteiger partial charge in [-0.05, 0) is 36.6 Å². The zero-order chi connectivity index (χ0) is 13.8. The number of aromatic amines is 1. The molecule has 4 heteroatoms. The van der Waals surface area contributed by atoms with Crippen LogP contribution in [0.15, 0.2) is 36.5 Å². The molecule has 0 saturated carbocycles. The number of aryl methyl sites for hydroxylation is 1. The van der Waals surface area contributed by atoms with E-state index in [1.54, 1.807) is 36.5 Å². The molecule has 0 amide bonds. The van der Waals surface area contributed by atoms with Gasteiger partial charge in [0, 0.05) is 6.20 Å². The molecular weight excluding hydrogens is 242 g/mol. The summed E-state index contributed by atoms with van der Waals surface area (Å²) in [5.41, 5.74) is 2.56. The van der Waals surface area contributed by atoms with Crippen molar-refractivity contribution in [2.75, 3.05) is 0 Å². The van der Waals surface area contributed by atoms with Crippen LogP contribution in [-0.2, 0) is 11.2 Å². The van der Waals surface area contributed by atoms with Crippen LogP contribution >= 0.6 is 0 Å². The first-order valence-electron chi connectivity index (χ1n) is 6.12. The Labute approximate surface area is 111 Å². The topological polar surface area (TPSA) is 59.2 Å². The zero-order valence-corrected chi connectivity index (χ0v) is 10.9. The summed E-state index contributed by atoms with van der Waals surface area (Å²) in [5, 5.41) is 0. The average Bonchev–Trinajstić information content (AvgIpc) is 2.80. The molecule has 98 valence electrons. The van der Waals surface area contributed by atoms with Gasteiger partial charge in [0.05, 0.1) is 5.56 Å². The summed E-state index contributed by atoms with van der Waals surface area (Å²) in [4.78, 5) is 26.5. The Balaban J connectivity index is 2.13. The first kappa shape index (κ1) is 13.1. The van der Waals surface area contributed by atoms with Crippen LogP contribution in [-0.4, -0.2) is 16.9 Å². The normalized spacial score (nSPS) is 10.2. The Morgan fingerprint density at radius 2 is 1.84 bits per heavy atom. The van der Waals surface area contributed by atoms with Gasteiger partial charge < -0.3 is 9.72 Å². The van der Waals surface area contributed by atoms with Crippen LogP contribution in [0.4, 0.5) is 0 Å². The Bertz CT molecular complexity index is 599. The van der Waals surface area contributed by atoms with Gasteiger partial charge in [-0.3, -0.25) is 0 Å². The molecule has 0 atom stereocenters. The quantitative estimate of drug-likeness (QED) is 0.679. The number of H-pyrrole nitrogens is 1. The van der Waals surface area contributed by atoms with Crippen molar-refractivity contribution < 1.29 is 14.3 Å². The van der Waals surface area contributed by atoms with Crippen LogP contribution < -0.4 is 0 Å². The Hall–Kier alpha value is -2.36. The van der Waals surface area contributed by atoms with Gasteiger partial charge in [0.2, 0.25) is 0 Å². The first-order chi connectivity index (χ1) is 9.13. The summed E-state index contributed by atoms with van der Waals surface area (Å²) < 4.78 is 4.85. The van der Waals surface area contributed by atoms with E-state index in [9.17, 15) is 9.59 Å². The van der Waals surface area contributed by atoms with Crippen molar-refractivity contribution in [3.05, 3.63) is 58.9 Å². The van der Waals surface area contributed by atoms with Gasteiger partial charge in [-0.15, -0.1) is 0 Å². The van der Waals surface area contributed by atoms with E-state index in [2.05, 4.69) is 4.98 Å². The maximum Gasteiger partial charge on any atom is 0.362 e. The van der Waals surface area contributed by atoms with Gasteiger partial charge in [0.25, 0.3) is 0 Å². The Morgan fingerprint density at radius 1 is 1.16 bits per heavy atom. The van der Waals surface area contributed by atoms with Crippen molar-refractivity contribution >= 4 is 11.9 Å². The molecule has 0 aliphatic rings. The molecule has 4 nitrogen and oxygen atoms in total. The summed E-state index contributed by atoms with van der Waals surface area (Å²) >= 11 is 0. The van der Waals surface area contributed by atoms with Crippen molar-refractivity contribution in [3.8, 4) is 0 Å². The highest BCUT2D eigenvalue weighted by atomic mass is 16.6. The third-order valence-corrected chi connectivity index (χ3v) is 3.03. The van der Waals surface area contributed by atoms with Gasteiger partial charge in [-0.2, -0.15) is 0 Å². The predicted molar refractivity (Wildman–Crippen MR) is 71.1 cm³/mol. The van der Waals surface area contributed by atoms with Gasteiger partial charge in [-0.1, -0.05) is 25.1 Å². The largest absolute Gasteiger partial charge is 0.385 e. The molecule has 19 heavy (non-hydrogen) atoms. The van der Waals surface area contributed by atoms with Crippen LogP contribution in [0, 0.1) is 6.92 Å². The van der Waals surface area contributed by atoms with Gasteiger partial charge >= 0.3 is 11.9 Å². The molecule has 0 radical (unpaired) electrons. The number of carbonyl (C=O) groups is 2. The lowest BCUT2D eigenvalue weighted by Gasteiger charge is -2.03. The average molecular weight is 257 g/mol. The standard InChI is InChI=1S/C15H15NO3/c1-3-11-9-16-13(10(11)2)15(18)19-14(17)12-7-5-4-6-8-12/h4-9,16H,3H2,1-2H3. The second-order valence-corrected chi connectivity index (χ2v) is 4.21. The highest BCUT2D eigenvalue weighted by molar-refractivity contribution is 6.02. The van der Waals surface area contributed by atoms with Crippen LogP contribution in [0.2, 0.25) is 0 Å². The SMILES string of the molecule is CCc1c[nH]c(C(=O)OC(=O)c2ccccc2)c1C. The van der Waals surface area contributed by atoms with Crippen LogP contribution in [0.25, 0.3) is 0 Å².